The van der Waals surface area contributed by atoms with Gasteiger partial charge < -0.3 is 9.72 Å². The molecule has 0 radical (unpaired) electrons. The lowest BCUT2D eigenvalue weighted by molar-refractivity contribution is 0.343. The number of nitrogens with one attached hydrogen (secondary N) is 1. The van der Waals surface area contributed by atoms with Gasteiger partial charge in [-0.2, -0.15) is 0 Å². The molecule has 1 aromatic heterocycles. The molecular weight excluding hydrogens is 348 g/mol. The van der Waals surface area contributed by atoms with Crippen LogP contribution in [0.5, 0.6) is 5.75 Å². The number of fused-ring (bicyclic) bond motifs is 1. The summed E-state index contributed by atoms with van der Waals surface area (Å²) in [6.07, 6.45) is 0. The zero-order valence-electron chi connectivity index (χ0n) is 11.8. The maximum Gasteiger partial charge on any atom is 0.182 e. The van der Waals surface area contributed by atoms with Crippen LogP contribution in [0.4, 0.5) is 0 Å². The fraction of sp³-hybridized carbons (Fsp3) is 0.188. The molecule has 0 aliphatic rings. The van der Waals surface area contributed by atoms with Gasteiger partial charge in [0.25, 0.3) is 0 Å². The maximum absolute atomic E-state index is 5.67. The predicted molar refractivity (Wildman–Crippen MR) is 92.1 cm³/mol. The largest absolute Gasteiger partial charge is 0.492 e. The van der Waals surface area contributed by atoms with Crippen molar-refractivity contribution in [2.75, 3.05) is 6.61 Å². The first kappa shape index (κ1) is 14.4. The van der Waals surface area contributed by atoms with Gasteiger partial charge in [0.2, 0.25) is 0 Å². The fourth-order valence-electron chi connectivity index (χ4n) is 2.41. The van der Waals surface area contributed by atoms with Crippen LogP contribution in [-0.4, -0.2) is 16.2 Å². The van der Waals surface area contributed by atoms with Gasteiger partial charge in [-0.25, -0.2) is 0 Å². The van der Waals surface area contributed by atoms with Crippen molar-refractivity contribution < 1.29 is 4.74 Å². The molecule has 2 aromatic carbocycles. The highest BCUT2D eigenvalue weighted by molar-refractivity contribution is 9.10. The molecule has 0 saturated carbocycles. The van der Waals surface area contributed by atoms with Gasteiger partial charge >= 0.3 is 0 Å². The number of halogens is 1. The molecule has 0 amide bonds. The van der Waals surface area contributed by atoms with E-state index >= 15 is 0 Å². The van der Waals surface area contributed by atoms with Crippen LogP contribution in [0.2, 0.25) is 0 Å². The van der Waals surface area contributed by atoms with Crippen LogP contribution in [0.3, 0.4) is 0 Å². The predicted octanol–water partition coefficient (Wildman–Crippen LogP) is 5.16. The summed E-state index contributed by atoms with van der Waals surface area (Å²) in [5, 5.41) is 0. The minimum Gasteiger partial charge on any atom is -0.492 e. The molecule has 108 valence electrons. The smallest absolute Gasteiger partial charge is 0.182 e. The van der Waals surface area contributed by atoms with E-state index in [2.05, 4.69) is 46.0 Å². The molecule has 0 atom stereocenters. The summed E-state index contributed by atoms with van der Waals surface area (Å²) >= 11 is 9.13. The zero-order valence-corrected chi connectivity index (χ0v) is 14.2. The number of rotatable bonds is 3. The summed E-state index contributed by atoms with van der Waals surface area (Å²) in [5.74, 6) is 0.822. The molecule has 0 bridgehead atoms. The molecule has 21 heavy (non-hydrogen) atoms. The number of aromatic amines is 1. The topological polar surface area (TPSA) is 29.9 Å². The quantitative estimate of drug-likeness (QED) is 0.652. The van der Waals surface area contributed by atoms with E-state index in [9.17, 15) is 0 Å². The van der Waals surface area contributed by atoms with Gasteiger partial charge in [-0.1, -0.05) is 12.1 Å². The molecule has 5 heteroatoms. The number of H-pyrrole nitrogens is 1. The average Bonchev–Trinajstić information content (AvgIpc) is 2.77. The van der Waals surface area contributed by atoms with Crippen molar-refractivity contribution in [1.82, 2.24) is 9.55 Å². The molecule has 3 rings (SSSR count). The van der Waals surface area contributed by atoms with Gasteiger partial charge in [0.05, 0.1) is 17.8 Å². The van der Waals surface area contributed by atoms with Crippen LogP contribution >= 0.6 is 28.1 Å². The zero-order chi connectivity index (χ0) is 15.0. The molecule has 3 nitrogen and oxygen atoms in total. The van der Waals surface area contributed by atoms with Gasteiger partial charge in [0.15, 0.2) is 4.77 Å². The lowest BCUT2D eigenvalue weighted by Crippen LogP contribution is -1.96. The van der Waals surface area contributed by atoms with Crippen molar-refractivity contribution in [1.29, 1.82) is 0 Å². The Bertz CT molecular complexity index is 866. The minimum absolute atomic E-state index is 0.624. The Morgan fingerprint density at radius 2 is 2.10 bits per heavy atom. The molecule has 0 spiro atoms. The molecule has 0 fully saturated rings. The first-order chi connectivity index (χ1) is 10.1. The van der Waals surface area contributed by atoms with E-state index in [1.807, 2.05) is 29.7 Å². The third kappa shape index (κ3) is 2.51. The summed E-state index contributed by atoms with van der Waals surface area (Å²) in [7, 11) is 0. The van der Waals surface area contributed by atoms with E-state index in [0.29, 0.717) is 11.4 Å². The van der Waals surface area contributed by atoms with Crippen molar-refractivity contribution in [3.63, 3.8) is 0 Å². The molecule has 3 aromatic rings. The summed E-state index contributed by atoms with van der Waals surface area (Å²) in [4.78, 5) is 3.25. The lowest BCUT2D eigenvalue weighted by Gasteiger charge is -2.09. The number of hydrogen-bond acceptors (Lipinski definition) is 2. The van der Waals surface area contributed by atoms with Crippen LogP contribution in [-0.2, 0) is 0 Å². The van der Waals surface area contributed by atoms with Gasteiger partial charge in [0.1, 0.15) is 11.3 Å². The maximum atomic E-state index is 5.67. The van der Waals surface area contributed by atoms with Crippen molar-refractivity contribution >= 4 is 39.2 Å². The van der Waals surface area contributed by atoms with Gasteiger partial charge in [-0.05, 0) is 71.8 Å². The third-order valence-corrected chi connectivity index (χ3v) is 4.24. The minimum atomic E-state index is 0.624. The van der Waals surface area contributed by atoms with Gasteiger partial charge in [0, 0.05) is 4.47 Å². The SMILES string of the molecule is CCOc1cccc2c1[nH]c(=S)n2-c1ccc(C)cc1Br. The molecule has 0 unspecified atom stereocenters. The van der Waals surface area contributed by atoms with Gasteiger partial charge in [-0.3, -0.25) is 4.57 Å². The van der Waals surface area contributed by atoms with Crippen LogP contribution in [0.1, 0.15) is 12.5 Å². The standard InChI is InChI=1S/C16H15BrN2OS/c1-3-20-14-6-4-5-13-15(14)18-16(21)19(13)12-8-7-10(2)9-11(12)17/h4-9H,3H2,1-2H3,(H,18,21). The van der Waals surface area contributed by atoms with E-state index in [0.717, 1.165) is 26.9 Å². The molecule has 1 heterocycles. The van der Waals surface area contributed by atoms with Crippen LogP contribution in [0.15, 0.2) is 40.9 Å². The highest BCUT2D eigenvalue weighted by atomic mass is 79.9. The Labute approximate surface area is 136 Å². The number of aryl methyl sites for hydroxylation is 1. The molecular formula is C16H15BrN2OS. The van der Waals surface area contributed by atoms with Crippen molar-refractivity contribution in [3.8, 4) is 11.4 Å². The Kier molecular flexibility index (Phi) is 3.87. The third-order valence-electron chi connectivity index (χ3n) is 3.32. The highest BCUT2D eigenvalue weighted by Crippen LogP contribution is 2.30. The van der Waals surface area contributed by atoms with Gasteiger partial charge in [-0.15, -0.1) is 0 Å². The number of hydrogen-bond donors (Lipinski definition) is 1. The highest BCUT2D eigenvalue weighted by Gasteiger charge is 2.12. The first-order valence-corrected chi connectivity index (χ1v) is 7.95. The van der Waals surface area contributed by atoms with Crippen LogP contribution in [0.25, 0.3) is 16.7 Å². The Hall–Kier alpha value is -1.59. The molecule has 0 aliphatic heterocycles. The van der Waals surface area contributed by atoms with E-state index < -0.39 is 0 Å². The summed E-state index contributed by atoms with van der Waals surface area (Å²) in [5.41, 5.74) is 4.16. The van der Waals surface area contributed by atoms with Crippen molar-refractivity contribution in [3.05, 3.63) is 51.2 Å². The number of imidazole rings is 1. The Balaban J connectivity index is 2.30. The lowest BCUT2D eigenvalue weighted by atomic mass is 10.2. The normalized spacial score (nSPS) is 11.0. The second-order valence-electron chi connectivity index (χ2n) is 4.80. The van der Waals surface area contributed by atoms with E-state index in [-0.39, 0.29) is 0 Å². The van der Waals surface area contributed by atoms with E-state index in [1.165, 1.54) is 5.56 Å². The molecule has 0 saturated heterocycles. The Morgan fingerprint density at radius 3 is 2.81 bits per heavy atom. The number of para-hydroxylation sites is 1. The number of ether oxygens (including phenoxy) is 1. The summed E-state index contributed by atoms with van der Waals surface area (Å²) in [6, 6.07) is 12.2. The van der Waals surface area contributed by atoms with Crippen LogP contribution in [0, 0.1) is 11.7 Å². The second-order valence-corrected chi connectivity index (χ2v) is 6.04. The average molecular weight is 363 g/mol. The number of nitrogens with zero attached hydrogens (tertiary/aromatic N) is 1. The van der Waals surface area contributed by atoms with E-state index in [4.69, 9.17) is 17.0 Å². The monoisotopic (exact) mass is 362 g/mol. The van der Waals surface area contributed by atoms with Crippen LogP contribution < -0.4 is 4.74 Å². The molecule has 1 N–H and O–H groups in total. The number of aromatic nitrogens is 2. The summed E-state index contributed by atoms with van der Waals surface area (Å²) < 4.78 is 9.36. The molecule has 0 aliphatic carbocycles. The van der Waals surface area contributed by atoms with Crippen molar-refractivity contribution in [2.24, 2.45) is 0 Å². The number of benzene rings is 2. The first-order valence-electron chi connectivity index (χ1n) is 6.75. The van der Waals surface area contributed by atoms with E-state index in [1.54, 1.807) is 0 Å². The fourth-order valence-corrected chi connectivity index (χ4v) is 3.38. The van der Waals surface area contributed by atoms with Crippen molar-refractivity contribution in [2.45, 2.75) is 13.8 Å². The Morgan fingerprint density at radius 1 is 1.29 bits per heavy atom. The summed E-state index contributed by atoms with van der Waals surface area (Å²) in [6.45, 7) is 4.66. The second kappa shape index (κ2) is 5.66.